The first-order chi connectivity index (χ1) is 14.0. The topological polar surface area (TPSA) is 103 Å². The van der Waals surface area contributed by atoms with E-state index in [1.54, 1.807) is 31.3 Å². The van der Waals surface area contributed by atoms with Crippen LogP contribution in [0.4, 0.5) is 5.95 Å². The zero-order valence-electron chi connectivity index (χ0n) is 16.6. The lowest BCUT2D eigenvalue weighted by Gasteiger charge is -2.26. The number of hydrogen-bond donors (Lipinski definition) is 1. The molecule has 2 heterocycles. The fourth-order valence-electron chi connectivity index (χ4n) is 2.88. The first-order valence-corrected chi connectivity index (χ1v) is 11.1. The van der Waals surface area contributed by atoms with Crippen LogP contribution in [0.1, 0.15) is 19.5 Å². The number of nitrogens with zero attached hydrogens (tertiary/aromatic N) is 3. The van der Waals surface area contributed by atoms with Crippen molar-refractivity contribution in [3.05, 3.63) is 36.2 Å². The maximum Gasteiger partial charge on any atom is 0.244 e. The maximum absolute atomic E-state index is 12.9. The molecule has 29 heavy (non-hydrogen) atoms. The minimum Gasteiger partial charge on any atom is -0.494 e. The number of nitrogens with one attached hydrogen (secondary N) is 1. The van der Waals surface area contributed by atoms with Gasteiger partial charge in [0.1, 0.15) is 16.4 Å². The molecule has 0 atom stereocenters. The van der Waals surface area contributed by atoms with Crippen LogP contribution in [0.15, 0.2) is 35.4 Å². The summed E-state index contributed by atoms with van der Waals surface area (Å²) in [5, 5.41) is 0. The van der Waals surface area contributed by atoms with Gasteiger partial charge in [0.15, 0.2) is 0 Å². The van der Waals surface area contributed by atoms with Gasteiger partial charge in [-0.15, -0.1) is 0 Å². The van der Waals surface area contributed by atoms with Crippen molar-refractivity contribution in [1.29, 1.82) is 0 Å². The molecule has 1 aromatic carbocycles. The molecular formula is C19H26N4O5S. The molecule has 1 aliphatic rings. The Kier molecular flexibility index (Phi) is 7.24. The second-order valence-corrected chi connectivity index (χ2v) is 7.98. The van der Waals surface area contributed by atoms with Gasteiger partial charge in [0.05, 0.1) is 38.7 Å². The van der Waals surface area contributed by atoms with E-state index in [1.165, 1.54) is 6.07 Å². The van der Waals surface area contributed by atoms with Crippen LogP contribution < -0.4 is 19.1 Å². The minimum absolute atomic E-state index is 0.0343. The first-order valence-electron chi connectivity index (χ1n) is 9.57. The summed E-state index contributed by atoms with van der Waals surface area (Å²) in [4.78, 5) is 10.8. The quantitative estimate of drug-likeness (QED) is 0.650. The van der Waals surface area contributed by atoms with Gasteiger partial charge in [0.2, 0.25) is 16.0 Å². The molecule has 1 fully saturated rings. The third-order valence-corrected chi connectivity index (χ3v) is 5.68. The zero-order valence-corrected chi connectivity index (χ0v) is 17.4. The molecule has 9 nitrogen and oxygen atoms in total. The summed E-state index contributed by atoms with van der Waals surface area (Å²) < 4.78 is 44.7. The number of anilines is 1. The molecule has 1 aliphatic heterocycles. The van der Waals surface area contributed by atoms with Crippen molar-refractivity contribution >= 4 is 16.0 Å². The Bertz CT molecular complexity index is 917. The third kappa shape index (κ3) is 5.55. The second-order valence-electron chi connectivity index (χ2n) is 6.25. The lowest BCUT2D eigenvalue weighted by molar-refractivity contribution is 0.122. The highest BCUT2D eigenvalue weighted by Gasteiger charge is 2.21. The van der Waals surface area contributed by atoms with Crippen LogP contribution in [-0.4, -0.2) is 57.9 Å². The number of aromatic nitrogens is 2. The van der Waals surface area contributed by atoms with Crippen LogP contribution >= 0.6 is 0 Å². The van der Waals surface area contributed by atoms with Gasteiger partial charge in [-0.05, 0) is 32.0 Å². The van der Waals surface area contributed by atoms with Crippen molar-refractivity contribution in [2.45, 2.75) is 25.3 Å². The van der Waals surface area contributed by atoms with E-state index in [2.05, 4.69) is 14.7 Å². The largest absolute Gasteiger partial charge is 0.494 e. The average molecular weight is 423 g/mol. The normalized spacial score (nSPS) is 14.6. The van der Waals surface area contributed by atoms with Crippen molar-refractivity contribution in [2.75, 3.05) is 44.4 Å². The van der Waals surface area contributed by atoms with E-state index >= 15 is 0 Å². The smallest absolute Gasteiger partial charge is 0.244 e. The number of hydrogen-bond acceptors (Lipinski definition) is 8. The van der Waals surface area contributed by atoms with Gasteiger partial charge < -0.3 is 19.1 Å². The van der Waals surface area contributed by atoms with Crippen molar-refractivity contribution in [1.82, 2.24) is 14.7 Å². The van der Waals surface area contributed by atoms with Crippen LogP contribution in [-0.2, 0) is 21.3 Å². The molecule has 0 aliphatic carbocycles. The number of benzene rings is 1. The third-order valence-electron chi connectivity index (χ3n) is 4.25. The van der Waals surface area contributed by atoms with Crippen molar-refractivity contribution in [3.63, 3.8) is 0 Å². The summed E-state index contributed by atoms with van der Waals surface area (Å²) in [6.07, 6.45) is 1.63. The Labute approximate surface area is 171 Å². The number of rotatable bonds is 9. The molecule has 0 bridgehead atoms. The highest BCUT2D eigenvalue weighted by atomic mass is 32.2. The van der Waals surface area contributed by atoms with Crippen molar-refractivity contribution < 1.29 is 22.6 Å². The molecule has 0 unspecified atom stereocenters. The van der Waals surface area contributed by atoms with E-state index in [1.807, 2.05) is 11.8 Å². The SMILES string of the molecule is CCOc1ccc(OCC)c(S(=O)(=O)NCc2ccnc(N3CCOCC3)n2)c1. The average Bonchev–Trinajstić information content (AvgIpc) is 2.75. The van der Waals surface area contributed by atoms with Gasteiger partial charge in [0, 0.05) is 25.4 Å². The van der Waals surface area contributed by atoms with Crippen molar-refractivity contribution in [3.8, 4) is 11.5 Å². The van der Waals surface area contributed by atoms with E-state index in [0.717, 1.165) is 0 Å². The number of ether oxygens (including phenoxy) is 3. The molecule has 0 saturated carbocycles. The van der Waals surface area contributed by atoms with E-state index in [4.69, 9.17) is 14.2 Å². The van der Waals surface area contributed by atoms with Crippen LogP contribution in [0.5, 0.6) is 11.5 Å². The van der Waals surface area contributed by atoms with Gasteiger partial charge in [-0.1, -0.05) is 0 Å². The number of morpholine rings is 1. The Morgan fingerprint density at radius 2 is 1.90 bits per heavy atom. The Hall–Kier alpha value is -2.43. The van der Waals surface area contributed by atoms with Crippen LogP contribution in [0.2, 0.25) is 0 Å². The highest BCUT2D eigenvalue weighted by molar-refractivity contribution is 7.89. The molecule has 0 spiro atoms. The summed E-state index contributed by atoms with van der Waals surface area (Å²) in [5.41, 5.74) is 0.573. The molecule has 1 saturated heterocycles. The minimum atomic E-state index is -3.84. The molecule has 1 aromatic heterocycles. The van der Waals surface area contributed by atoms with Gasteiger partial charge in [-0.2, -0.15) is 0 Å². The Morgan fingerprint density at radius 1 is 1.14 bits per heavy atom. The maximum atomic E-state index is 12.9. The first kappa shape index (κ1) is 21.3. The number of sulfonamides is 1. The molecule has 158 valence electrons. The van der Waals surface area contributed by atoms with Crippen molar-refractivity contribution in [2.24, 2.45) is 0 Å². The predicted molar refractivity (Wildman–Crippen MR) is 108 cm³/mol. The van der Waals surface area contributed by atoms with Gasteiger partial charge in [-0.25, -0.2) is 23.1 Å². The Balaban J connectivity index is 1.77. The predicted octanol–water partition coefficient (Wildman–Crippen LogP) is 1.59. The fourth-order valence-corrected chi connectivity index (χ4v) is 4.03. The standard InChI is InChI=1S/C19H26N4O5S/c1-3-27-16-5-6-17(28-4-2)18(13-16)29(24,25)21-14-15-7-8-20-19(22-15)23-9-11-26-12-10-23/h5-8,13,21H,3-4,9-12,14H2,1-2H3. The summed E-state index contributed by atoms with van der Waals surface area (Å²) >= 11 is 0. The van der Waals surface area contributed by atoms with Crippen LogP contribution in [0, 0.1) is 0 Å². The monoisotopic (exact) mass is 422 g/mol. The van der Waals surface area contributed by atoms with E-state index in [-0.39, 0.29) is 17.2 Å². The van der Waals surface area contributed by atoms with Gasteiger partial charge in [-0.3, -0.25) is 0 Å². The highest BCUT2D eigenvalue weighted by Crippen LogP contribution is 2.28. The Morgan fingerprint density at radius 3 is 2.62 bits per heavy atom. The summed E-state index contributed by atoms with van der Waals surface area (Å²) in [7, 11) is -3.84. The van der Waals surface area contributed by atoms with E-state index in [9.17, 15) is 8.42 Å². The fraction of sp³-hybridized carbons (Fsp3) is 0.474. The van der Waals surface area contributed by atoms with E-state index in [0.29, 0.717) is 56.9 Å². The molecule has 0 radical (unpaired) electrons. The molecule has 1 N–H and O–H groups in total. The molecular weight excluding hydrogens is 396 g/mol. The van der Waals surface area contributed by atoms with Gasteiger partial charge in [0.25, 0.3) is 0 Å². The molecule has 2 aromatic rings. The summed E-state index contributed by atoms with van der Waals surface area (Å²) in [6.45, 7) is 7.11. The van der Waals surface area contributed by atoms with Gasteiger partial charge >= 0.3 is 0 Å². The van der Waals surface area contributed by atoms with Crippen LogP contribution in [0.3, 0.4) is 0 Å². The zero-order chi connectivity index (χ0) is 20.7. The lowest BCUT2D eigenvalue weighted by Crippen LogP contribution is -2.37. The second kappa shape index (κ2) is 9.86. The molecule has 0 amide bonds. The summed E-state index contributed by atoms with van der Waals surface area (Å²) in [6, 6.07) is 6.44. The van der Waals surface area contributed by atoms with Crippen LogP contribution in [0.25, 0.3) is 0 Å². The molecule has 3 rings (SSSR count). The molecule has 10 heteroatoms. The summed E-state index contributed by atoms with van der Waals surface area (Å²) in [5.74, 6) is 1.31. The lowest BCUT2D eigenvalue weighted by atomic mass is 10.3. The van der Waals surface area contributed by atoms with E-state index < -0.39 is 10.0 Å².